The molecule has 0 fully saturated rings. The maximum atomic E-state index is 11.3. The largest absolute Gasteiger partial charge is 0.268 e. The van der Waals surface area contributed by atoms with E-state index in [1.165, 1.54) is 10.7 Å². The highest BCUT2D eigenvalue weighted by molar-refractivity contribution is 5.48. The van der Waals surface area contributed by atoms with Crippen LogP contribution in [0.2, 0.25) is 0 Å². The molecule has 80 valence electrons. The lowest BCUT2D eigenvalue weighted by Gasteiger charge is -1.97. The van der Waals surface area contributed by atoms with Crippen molar-refractivity contribution in [2.75, 3.05) is 0 Å². The Morgan fingerprint density at radius 3 is 2.69 bits per heavy atom. The van der Waals surface area contributed by atoms with E-state index in [1.807, 2.05) is 42.5 Å². The van der Waals surface area contributed by atoms with Crippen molar-refractivity contribution in [2.24, 2.45) is 0 Å². The first kappa shape index (κ1) is 10.4. The summed E-state index contributed by atoms with van der Waals surface area (Å²) in [5, 5.41) is 3.96. The van der Waals surface area contributed by atoms with Crippen LogP contribution < -0.4 is 5.56 Å². The Morgan fingerprint density at radius 1 is 1.12 bits per heavy atom. The van der Waals surface area contributed by atoms with Crippen LogP contribution in [0.25, 0.3) is 6.08 Å². The molecule has 0 bridgehead atoms. The fraction of sp³-hybridized carbons (Fsp3) is 0.0769. The zero-order chi connectivity index (χ0) is 11.2. The average molecular weight is 212 g/mol. The maximum Gasteiger partial charge on any atom is 0.267 e. The predicted molar refractivity (Wildman–Crippen MR) is 64.0 cm³/mol. The van der Waals surface area contributed by atoms with E-state index in [2.05, 4.69) is 5.10 Å². The first-order valence-electron chi connectivity index (χ1n) is 5.10. The van der Waals surface area contributed by atoms with Crippen LogP contribution >= 0.6 is 0 Å². The Hall–Kier alpha value is -2.16. The van der Waals surface area contributed by atoms with Crippen molar-refractivity contribution >= 4 is 6.08 Å². The van der Waals surface area contributed by atoms with E-state index in [9.17, 15) is 4.79 Å². The maximum absolute atomic E-state index is 11.3. The summed E-state index contributed by atoms with van der Waals surface area (Å²) in [7, 11) is 0. The molecule has 0 atom stereocenters. The molecule has 0 aliphatic carbocycles. The highest BCUT2D eigenvalue weighted by Gasteiger charge is 1.90. The van der Waals surface area contributed by atoms with Gasteiger partial charge in [0.15, 0.2) is 0 Å². The van der Waals surface area contributed by atoms with E-state index in [4.69, 9.17) is 0 Å². The van der Waals surface area contributed by atoms with Gasteiger partial charge < -0.3 is 0 Å². The molecule has 1 heterocycles. The van der Waals surface area contributed by atoms with Gasteiger partial charge in [0.05, 0.1) is 6.54 Å². The Balaban J connectivity index is 2.06. The van der Waals surface area contributed by atoms with Gasteiger partial charge in [-0.25, -0.2) is 4.68 Å². The predicted octanol–water partition coefficient (Wildman–Crippen LogP) is 1.96. The summed E-state index contributed by atoms with van der Waals surface area (Å²) in [6, 6.07) is 13.1. The molecule has 1 aromatic carbocycles. The van der Waals surface area contributed by atoms with Crippen LogP contribution in [0.15, 0.2) is 59.5 Å². The average Bonchev–Trinajstić information content (AvgIpc) is 2.33. The van der Waals surface area contributed by atoms with Crippen molar-refractivity contribution in [2.45, 2.75) is 6.54 Å². The van der Waals surface area contributed by atoms with Gasteiger partial charge in [0.1, 0.15) is 0 Å². The van der Waals surface area contributed by atoms with Gasteiger partial charge in [0.25, 0.3) is 5.56 Å². The quantitative estimate of drug-likeness (QED) is 0.779. The van der Waals surface area contributed by atoms with Crippen molar-refractivity contribution in [3.05, 3.63) is 70.7 Å². The van der Waals surface area contributed by atoms with E-state index in [-0.39, 0.29) is 5.56 Å². The van der Waals surface area contributed by atoms with Crippen LogP contribution in [-0.2, 0) is 6.54 Å². The first-order chi connectivity index (χ1) is 7.86. The molecule has 0 N–H and O–H groups in total. The highest BCUT2D eigenvalue weighted by Crippen LogP contribution is 2.00. The molecular weight excluding hydrogens is 200 g/mol. The number of hydrogen-bond donors (Lipinski definition) is 0. The van der Waals surface area contributed by atoms with Crippen LogP contribution in [0, 0.1) is 0 Å². The molecular formula is C13H12N2O. The first-order valence-corrected chi connectivity index (χ1v) is 5.10. The van der Waals surface area contributed by atoms with E-state index in [1.54, 1.807) is 12.3 Å². The number of allylic oxidation sites excluding steroid dienone is 1. The molecule has 0 amide bonds. The molecule has 3 nitrogen and oxygen atoms in total. The molecule has 0 saturated carbocycles. The third-order valence-electron chi connectivity index (χ3n) is 2.17. The molecule has 2 aromatic rings. The lowest BCUT2D eigenvalue weighted by Crippen LogP contribution is -2.20. The minimum Gasteiger partial charge on any atom is -0.268 e. The summed E-state index contributed by atoms with van der Waals surface area (Å²) in [5.74, 6) is 0. The molecule has 0 aliphatic heterocycles. The van der Waals surface area contributed by atoms with Gasteiger partial charge in [0.2, 0.25) is 0 Å². The molecule has 16 heavy (non-hydrogen) atoms. The number of aromatic nitrogens is 2. The van der Waals surface area contributed by atoms with Crippen molar-refractivity contribution in [1.29, 1.82) is 0 Å². The van der Waals surface area contributed by atoms with Crippen LogP contribution in [0.1, 0.15) is 5.56 Å². The van der Waals surface area contributed by atoms with E-state index >= 15 is 0 Å². The SMILES string of the molecule is O=c1cccnn1C/C=C/c1ccccc1. The Bertz CT molecular complexity index is 529. The fourth-order valence-electron chi connectivity index (χ4n) is 1.38. The molecule has 0 radical (unpaired) electrons. The van der Waals surface area contributed by atoms with Gasteiger partial charge in [-0.1, -0.05) is 42.5 Å². The number of rotatable bonds is 3. The van der Waals surface area contributed by atoms with Crippen LogP contribution in [-0.4, -0.2) is 9.78 Å². The monoisotopic (exact) mass is 212 g/mol. The van der Waals surface area contributed by atoms with Gasteiger partial charge in [-0.05, 0) is 11.6 Å². The number of nitrogens with zero attached hydrogens (tertiary/aromatic N) is 2. The van der Waals surface area contributed by atoms with E-state index < -0.39 is 0 Å². The van der Waals surface area contributed by atoms with Gasteiger partial charge in [-0.2, -0.15) is 5.10 Å². The summed E-state index contributed by atoms with van der Waals surface area (Å²) in [6.07, 6.45) is 5.50. The molecule has 0 spiro atoms. The smallest absolute Gasteiger partial charge is 0.267 e. The minimum atomic E-state index is -0.0831. The van der Waals surface area contributed by atoms with E-state index in [0.717, 1.165) is 5.56 Å². The Kier molecular flexibility index (Phi) is 3.28. The van der Waals surface area contributed by atoms with Gasteiger partial charge in [0, 0.05) is 12.3 Å². The topological polar surface area (TPSA) is 34.9 Å². The lowest BCUT2D eigenvalue weighted by atomic mass is 10.2. The van der Waals surface area contributed by atoms with E-state index in [0.29, 0.717) is 6.54 Å². The molecule has 2 rings (SSSR count). The van der Waals surface area contributed by atoms with Crippen LogP contribution in [0.3, 0.4) is 0 Å². The van der Waals surface area contributed by atoms with Crippen LogP contribution in [0.5, 0.6) is 0 Å². The molecule has 1 aromatic heterocycles. The summed E-state index contributed by atoms with van der Waals surface area (Å²) < 4.78 is 1.42. The molecule has 0 aliphatic rings. The summed E-state index contributed by atoms with van der Waals surface area (Å²) in [4.78, 5) is 11.3. The Morgan fingerprint density at radius 2 is 1.94 bits per heavy atom. The zero-order valence-corrected chi connectivity index (χ0v) is 8.78. The van der Waals surface area contributed by atoms with Crippen molar-refractivity contribution in [1.82, 2.24) is 9.78 Å². The van der Waals surface area contributed by atoms with Gasteiger partial charge in [-0.3, -0.25) is 4.79 Å². The molecule has 3 heteroatoms. The number of benzene rings is 1. The van der Waals surface area contributed by atoms with Gasteiger partial charge >= 0.3 is 0 Å². The summed E-state index contributed by atoms with van der Waals surface area (Å²) in [5.41, 5.74) is 1.03. The second-order valence-electron chi connectivity index (χ2n) is 3.36. The van der Waals surface area contributed by atoms with Gasteiger partial charge in [-0.15, -0.1) is 0 Å². The molecule has 0 unspecified atom stereocenters. The van der Waals surface area contributed by atoms with Crippen molar-refractivity contribution in [3.8, 4) is 0 Å². The fourth-order valence-corrected chi connectivity index (χ4v) is 1.38. The summed E-state index contributed by atoms with van der Waals surface area (Å²) >= 11 is 0. The minimum absolute atomic E-state index is 0.0831. The zero-order valence-electron chi connectivity index (χ0n) is 8.78. The normalized spacial score (nSPS) is 10.8. The third kappa shape index (κ3) is 2.67. The summed E-state index contributed by atoms with van der Waals surface area (Å²) in [6.45, 7) is 0.495. The van der Waals surface area contributed by atoms with Crippen molar-refractivity contribution < 1.29 is 0 Å². The highest BCUT2D eigenvalue weighted by atomic mass is 16.1. The second kappa shape index (κ2) is 5.07. The Labute approximate surface area is 93.7 Å². The van der Waals surface area contributed by atoms with Crippen LogP contribution in [0.4, 0.5) is 0 Å². The molecule has 0 saturated heterocycles. The van der Waals surface area contributed by atoms with Crippen molar-refractivity contribution in [3.63, 3.8) is 0 Å². The standard InChI is InChI=1S/C13H12N2O/c16-13-9-4-10-14-15(13)11-5-8-12-6-2-1-3-7-12/h1-10H,11H2/b8-5+. The number of hydrogen-bond acceptors (Lipinski definition) is 2. The third-order valence-corrected chi connectivity index (χ3v) is 2.17. The second-order valence-corrected chi connectivity index (χ2v) is 3.36. The lowest BCUT2D eigenvalue weighted by molar-refractivity contribution is 0.652.